The Morgan fingerprint density at radius 3 is 2.48 bits per heavy atom. The van der Waals surface area contributed by atoms with Gasteiger partial charge in [0, 0.05) is 6.61 Å². The van der Waals surface area contributed by atoms with Gasteiger partial charge in [0.15, 0.2) is 0 Å². The summed E-state index contributed by atoms with van der Waals surface area (Å²) in [5.41, 5.74) is -0.932. The van der Waals surface area contributed by atoms with Gasteiger partial charge in [0.25, 0.3) is 0 Å². The number of ether oxygens (including phenoxy) is 1. The summed E-state index contributed by atoms with van der Waals surface area (Å²) in [7, 11) is -3.77. The summed E-state index contributed by atoms with van der Waals surface area (Å²) in [4.78, 5) is 11.9. The molecular formula is C14H22N2O4S. The second-order valence-corrected chi connectivity index (χ2v) is 8.55. The number of carbonyl (C=O) groups excluding carboxylic acids is 1. The lowest BCUT2D eigenvalue weighted by molar-refractivity contribution is -0.122. The van der Waals surface area contributed by atoms with Gasteiger partial charge in [-0.15, -0.1) is 0 Å². The lowest BCUT2D eigenvalue weighted by Crippen LogP contribution is -2.43. The second kappa shape index (κ2) is 5.58. The molecule has 1 unspecified atom stereocenters. The van der Waals surface area contributed by atoms with Gasteiger partial charge in [-0.05, 0) is 24.7 Å². The third kappa shape index (κ3) is 3.74. The highest BCUT2D eigenvalue weighted by atomic mass is 32.2. The molecule has 1 heterocycles. The number of hydrogen-bond donors (Lipinski definition) is 1. The first-order chi connectivity index (χ1) is 9.68. The molecule has 21 heavy (non-hydrogen) atoms. The summed E-state index contributed by atoms with van der Waals surface area (Å²) in [5, 5.41) is 9.09. The SMILES string of the molecule is CC1(C)CCOC1CC(=O)NS(=O)(=O)CC1(C#N)CCC1. The van der Waals surface area contributed by atoms with E-state index in [-0.39, 0.29) is 23.7 Å². The molecule has 7 heteroatoms. The molecule has 1 aliphatic carbocycles. The van der Waals surface area contributed by atoms with E-state index in [1.165, 1.54) is 0 Å². The normalized spacial score (nSPS) is 26.6. The van der Waals surface area contributed by atoms with Crippen molar-refractivity contribution in [3.8, 4) is 6.07 Å². The van der Waals surface area contributed by atoms with Crippen LogP contribution in [0, 0.1) is 22.2 Å². The molecule has 0 bridgehead atoms. The first-order valence-corrected chi connectivity index (χ1v) is 8.90. The molecule has 2 fully saturated rings. The predicted octanol–water partition coefficient (Wildman–Crippen LogP) is 1.33. The molecule has 0 spiro atoms. The average Bonchev–Trinajstić information content (AvgIpc) is 2.63. The van der Waals surface area contributed by atoms with Gasteiger partial charge in [-0.3, -0.25) is 9.52 Å². The molecule has 1 aliphatic heterocycles. The number of carbonyl (C=O) groups is 1. The van der Waals surface area contributed by atoms with Crippen LogP contribution < -0.4 is 4.72 Å². The van der Waals surface area contributed by atoms with Crippen molar-refractivity contribution in [2.75, 3.05) is 12.4 Å². The summed E-state index contributed by atoms with van der Waals surface area (Å²) in [5.74, 6) is -0.848. The number of hydrogen-bond acceptors (Lipinski definition) is 5. The summed E-state index contributed by atoms with van der Waals surface area (Å²) in [6.07, 6.45) is 2.65. The largest absolute Gasteiger partial charge is 0.377 e. The Morgan fingerprint density at radius 2 is 2.05 bits per heavy atom. The van der Waals surface area contributed by atoms with Crippen molar-refractivity contribution in [1.82, 2.24) is 4.72 Å². The van der Waals surface area contributed by atoms with Gasteiger partial charge in [-0.2, -0.15) is 5.26 Å². The third-order valence-electron chi connectivity index (χ3n) is 4.59. The van der Waals surface area contributed by atoms with E-state index in [1.807, 2.05) is 13.8 Å². The minimum Gasteiger partial charge on any atom is -0.377 e. The van der Waals surface area contributed by atoms with Gasteiger partial charge in [0.2, 0.25) is 15.9 Å². The van der Waals surface area contributed by atoms with E-state index in [0.29, 0.717) is 19.4 Å². The first-order valence-electron chi connectivity index (χ1n) is 7.24. The number of nitrogens with zero attached hydrogens (tertiary/aromatic N) is 1. The molecule has 0 radical (unpaired) electrons. The fraction of sp³-hybridized carbons (Fsp3) is 0.857. The second-order valence-electron chi connectivity index (χ2n) is 6.83. The number of rotatable bonds is 5. The summed E-state index contributed by atoms with van der Waals surface area (Å²) >= 11 is 0. The van der Waals surface area contributed by atoms with Crippen LogP contribution in [-0.4, -0.2) is 32.8 Å². The van der Waals surface area contributed by atoms with E-state index in [4.69, 9.17) is 10.00 Å². The van der Waals surface area contributed by atoms with Crippen LogP contribution in [0.2, 0.25) is 0 Å². The van der Waals surface area contributed by atoms with E-state index in [0.717, 1.165) is 12.8 Å². The van der Waals surface area contributed by atoms with Crippen molar-refractivity contribution in [2.45, 2.75) is 52.1 Å². The average molecular weight is 314 g/mol. The molecule has 0 aromatic heterocycles. The van der Waals surface area contributed by atoms with Crippen LogP contribution >= 0.6 is 0 Å². The molecule has 1 N–H and O–H groups in total. The van der Waals surface area contributed by atoms with Crippen LogP contribution in [0.5, 0.6) is 0 Å². The van der Waals surface area contributed by atoms with Crippen LogP contribution in [-0.2, 0) is 19.6 Å². The smallest absolute Gasteiger partial charge is 0.236 e. The summed E-state index contributed by atoms with van der Waals surface area (Å²) < 4.78 is 31.6. The minimum atomic E-state index is -3.77. The van der Waals surface area contributed by atoms with Crippen molar-refractivity contribution >= 4 is 15.9 Å². The molecule has 1 saturated carbocycles. The number of sulfonamides is 1. The van der Waals surface area contributed by atoms with Gasteiger partial charge in [0.1, 0.15) is 0 Å². The van der Waals surface area contributed by atoms with Crippen LogP contribution in [0.15, 0.2) is 0 Å². The quantitative estimate of drug-likeness (QED) is 0.826. The van der Waals surface area contributed by atoms with Crippen molar-refractivity contribution in [2.24, 2.45) is 10.8 Å². The number of amides is 1. The highest BCUT2D eigenvalue weighted by Gasteiger charge is 2.42. The maximum atomic E-state index is 12.0. The Labute approximate surface area is 125 Å². The monoisotopic (exact) mass is 314 g/mol. The zero-order valence-corrected chi connectivity index (χ0v) is 13.3. The standard InChI is InChI=1S/C14H22N2O4S/c1-13(2)6-7-20-11(13)8-12(17)16-21(18,19)10-14(9-15)4-3-5-14/h11H,3-8,10H2,1-2H3,(H,16,17). The summed E-state index contributed by atoms with van der Waals surface area (Å²) in [6.45, 7) is 4.60. The highest BCUT2D eigenvalue weighted by molar-refractivity contribution is 7.90. The molecule has 1 amide bonds. The predicted molar refractivity (Wildman–Crippen MR) is 76.6 cm³/mol. The maximum absolute atomic E-state index is 12.0. The fourth-order valence-electron chi connectivity index (χ4n) is 2.86. The lowest BCUT2D eigenvalue weighted by atomic mass is 9.72. The van der Waals surface area contributed by atoms with Gasteiger partial charge in [-0.1, -0.05) is 20.3 Å². The van der Waals surface area contributed by atoms with Gasteiger partial charge >= 0.3 is 0 Å². The number of nitrogens with one attached hydrogen (secondary N) is 1. The van der Waals surface area contributed by atoms with Crippen LogP contribution in [0.3, 0.4) is 0 Å². The molecular weight excluding hydrogens is 292 g/mol. The molecule has 0 aromatic rings. The minimum absolute atomic E-state index is 0.0335. The van der Waals surface area contributed by atoms with Crippen molar-refractivity contribution in [1.29, 1.82) is 5.26 Å². The Kier molecular flexibility index (Phi) is 4.31. The van der Waals surface area contributed by atoms with Crippen molar-refractivity contribution in [3.63, 3.8) is 0 Å². The van der Waals surface area contributed by atoms with Gasteiger partial charge in [0.05, 0.1) is 29.8 Å². The Hall–Kier alpha value is -1.13. The fourth-order valence-corrected chi connectivity index (χ4v) is 4.44. The van der Waals surface area contributed by atoms with E-state index in [2.05, 4.69) is 10.8 Å². The lowest BCUT2D eigenvalue weighted by Gasteiger charge is -2.34. The Morgan fingerprint density at radius 1 is 1.38 bits per heavy atom. The van der Waals surface area contributed by atoms with Crippen molar-refractivity contribution in [3.05, 3.63) is 0 Å². The molecule has 2 aliphatic rings. The third-order valence-corrected chi connectivity index (χ3v) is 6.06. The van der Waals surface area contributed by atoms with E-state index >= 15 is 0 Å². The molecule has 1 saturated heterocycles. The van der Waals surface area contributed by atoms with Crippen LogP contribution in [0.25, 0.3) is 0 Å². The van der Waals surface area contributed by atoms with E-state index in [9.17, 15) is 13.2 Å². The summed E-state index contributed by atoms with van der Waals surface area (Å²) in [6, 6.07) is 2.08. The zero-order valence-electron chi connectivity index (χ0n) is 12.5. The Bertz CT molecular complexity index is 558. The highest BCUT2D eigenvalue weighted by Crippen LogP contribution is 2.41. The Balaban J connectivity index is 1.91. The maximum Gasteiger partial charge on any atom is 0.236 e. The topological polar surface area (TPSA) is 96.3 Å². The molecule has 6 nitrogen and oxygen atoms in total. The molecule has 1 atom stereocenters. The van der Waals surface area contributed by atoms with E-state index in [1.54, 1.807) is 0 Å². The van der Waals surface area contributed by atoms with Crippen LogP contribution in [0.1, 0.15) is 46.0 Å². The molecule has 118 valence electrons. The number of nitriles is 1. The molecule has 2 rings (SSSR count). The van der Waals surface area contributed by atoms with Gasteiger partial charge in [-0.25, -0.2) is 8.42 Å². The van der Waals surface area contributed by atoms with Crippen molar-refractivity contribution < 1.29 is 17.9 Å². The zero-order chi connectivity index (χ0) is 15.7. The van der Waals surface area contributed by atoms with E-state index < -0.39 is 21.3 Å². The van der Waals surface area contributed by atoms with Crippen LogP contribution in [0.4, 0.5) is 0 Å². The van der Waals surface area contributed by atoms with Gasteiger partial charge < -0.3 is 4.74 Å². The first kappa shape index (κ1) is 16.2. The molecule has 0 aromatic carbocycles.